The first kappa shape index (κ1) is 21.5. The summed E-state index contributed by atoms with van der Waals surface area (Å²) in [7, 11) is 0. The van der Waals surface area contributed by atoms with Crippen LogP contribution >= 0.6 is 11.3 Å². The van der Waals surface area contributed by atoms with Gasteiger partial charge in [0.15, 0.2) is 0 Å². The summed E-state index contributed by atoms with van der Waals surface area (Å²) in [5.74, 6) is -1.75. The molecule has 1 amide bonds. The highest BCUT2D eigenvalue weighted by Gasteiger charge is 2.26. The molecule has 1 N–H and O–H groups in total. The molecule has 0 aliphatic carbocycles. The van der Waals surface area contributed by atoms with Crippen LogP contribution < -0.4 is 5.32 Å². The Kier molecular flexibility index (Phi) is 6.70. The lowest BCUT2D eigenvalue weighted by Crippen LogP contribution is -2.52. The highest BCUT2D eigenvalue weighted by atomic mass is 32.1. The van der Waals surface area contributed by atoms with Gasteiger partial charge in [0.25, 0.3) is 0 Å². The van der Waals surface area contributed by atoms with Gasteiger partial charge in [-0.25, -0.2) is 13.8 Å². The van der Waals surface area contributed by atoms with Crippen LogP contribution in [0, 0.1) is 11.6 Å². The highest BCUT2D eigenvalue weighted by Crippen LogP contribution is 2.24. The van der Waals surface area contributed by atoms with Crippen molar-refractivity contribution in [1.82, 2.24) is 14.8 Å². The number of rotatable bonds is 6. The van der Waals surface area contributed by atoms with Gasteiger partial charge in [-0.2, -0.15) is 0 Å². The quantitative estimate of drug-likeness (QED) is 0.621. The first-order valence-electron chi connectivity index (χ1n) is 10.2. The van der Waals surface area contributed by atoms with E-state index in [4.69, 9.17) is 4.98 Å². The van der Waals surface area contributed by atoms with Crippen molar-refractivity contribution in [1.29, 1.82) is 0 Å². The number of nitrogens with one attached hydrogen (secondary N) is 1. The van der Waals surface area contributed by atoms with Crippen LogP contribution in [0.1, 0.15) is 12.6 Å². The molecule has 8 heteroatoms. The van der Waals surface area contributed by atoms with Crippen LogP contribution in [0.15, 0.2) is 53.9 Å². The van der Waals surface area contributed by atoms with Gasteiger partial charge in [0.1, 0.15) is 16.6 Å². The van der Waals surface area contributed by atoms with Crippen molar-refractivity contribution in [3.63, 3.8) is 0 Å². The molecular weight excluding hydrogens is 418 g/mol. The Morgan fingerprint density at radius 1 is 1.13 bits per heavy atom. The van der Waals surface area contributed by atoms with Gasteiger partial charge < -0.3 is 5.32 Å². The second kappa shape index (κ2) is 9.64. The van der Waals surface area contributed by atoms with Crippen LogP contribution in [-0.2, 0) is 11.3 Å². The summed E-state index contributed by atoms with van der Waals surface area (Å²) in [6, 6.07) is 12.9. The summed E-state index contributed by atoms with van der Waals surface area (Å²) in [5, 5.41) is 5.68. The molecule has 0 unspecified atom stereocenters. The molecule has 0 bridgehead atoms. The molecular formula is C23H24F2N4OS. The van der Waals surface area contributed by atoms with Gasteiger partial charge in [-0.05, 0) is 19.1 Å². The van der Waals surface area contributed by atoms with Crippen molar-refractivity contribution >= 4 is 22.9 Å². The molecule has 3 aromatic rings. The smallest absolute Gasteiger partial charge is 0.241 e. The number of aromatic nitrogens is 1. The molecule has 1 aromatic heterocycles. The van der Waals surface area contributed by atoms with E-state index < -0.39 is 17.7 Å². The predicted octanol–water partition coefficient (Wildman–Crippen LogP) is 4.23. The molecule has 2 heterocycles. The van der Waals surface area contributed by atoms with Crippen molar-refractivity contribution in [2.45, 2.75) is 19.5 Å². The molecule has 1 fully saturated rings. The minimum absolute atomic E-state index is 0.00496. The zero-order chi connectivity index (χ0) is 21.8. The number of amides is 1. The SMILES string of the molecule is C[C@@H](C(=O)Nc1ccc(F)cc1F)N1CCN(Cc2csc(-c3ccccc3)n2)CC1. The number of benzene rings is 2. The van der Waals surface area contributed by atoms with Crippen molar-refractivity contribution in [3.05, 3.63) is 71.2 Å². The normalized spacial score (nSPS) is 16.2. The second-order valence-electron chi connectivity index (χ2n) is 7.61. The Bertz CT molecular complexity index is 1040. The van der Waals surface area contributed by atoms with Crippen molar-refractivity contribution < 1.29 is 13.6 Å². The van der Waals surface area contributed by atoms with Crippen molar-refractivity contribution in [3.8, 4) is 10.6 Å². The zero-order valence-electron chi connectivity index (χ0n) is 17.2. The molecule has 0 spiro atoms. The summed E-state index contributed by atoms with van der Waals surface area (Å²) in [6.45, 7) is 5.69. The number of anilines is 1. The van der Waals surface area contributed by atoms with Crippen LogP contribution in [0.4, 0.5) is 14.5 Å². The molecule has 1 saturated heterocycles. The monoisotopic (exact) mass is 442 g/mol. The van der Waals surface area contributed by atoms with Crippen LogP contribution in [0.2, 0.25) is 0 Å². The van der Waals surface area contributed by atoms with E-state index in [1.807, 2.05) is 18.2 Å². The molecule has 0 radical (unpaired) electrons. The number of halogens is 2. The molecule has 2 aromatic carbocycles. The lowest BCUT2D eigenvalue weighted by atomic mass is 10.2. The van der Waals surface area contributed by atoms with E-state index in [2.05, 4.69) is 32.6 Å². The highest BCUT2D eigenvalue weighted by molar-refractivity contribution is 7.13. The predicted molar refractivity (Wildman–Crippen MR) is 119 cm³/mol. The topological polar surface area (TPSA) is 48.5 Å². The molecule has 1 aliphatic heterocycles. The molecule has 162 valence electrons. The number of hydrogen-bond acceptors (Lipinski definition) is 5. The number of carbonyl (C=O) groups is 1. The van der Waals surface area contributed by atoms with E-state index in [1.165, 1.54) is 6.07 Å². The number of hydrogen-bond donors (Lipinski definition) is 1. The maximum Gasteiger partial charge on any atom is 0.241 e. The molecule has 4 rings (SSSR count). The molecule has 0 saturated carbocycles. The van der Waals surface area contributed by atoms with Gasteiger partial charge in [-0.3, -0.25) is 14.6 Å². The van der Waals surface area contributed by atoms with Gasteiger partial charge in [0.2, 0.25) is 5.91 Å². The standard InChI is InChI=1S/C23H24F2N4OS/c1-16(22(30)27-21-8-7-18(24)13-20(21)25)29-11-9-28(10-12-29)14-19-15-31-23(26-19)17-5-3-2-4-6-17/h2-8,13,15-16H,9-12,14H2,1H3,(H,27,30)/t16-/m0/s1. The number of thiazole rings is 1. The van der Waals surface area contributed by atoms with E-state index in [1.54, 1.807) is 18.3 Å². The van der Waals surface area contributed by atoms with Gasteiger partial charge in [-0.1, -0.05) is 30.3 Å². The first-order chi connectivity index (χ1) is 15.0. The summed E-state index contributed by atoms with van der Waals surface area (Å²) in [5.41, 5.74) is 2.17. The minimum atomic E-state index is -0.775. The second-order valence-corrected chi connectivity index (χ2v) is 8.47. The molecule has 1 atom stereocenters. The largest absolute Gasteiger partial charge is 0.322 e. The lowest BCUT2D eigenvalue weighted by molar-refractivity contribution is -0.121. The van der Waals surface area contributed by atoms with Crippen LogP contribution in [0.5, 0.6) is 0 Å². The number of nitrogens with zero attached hydrogens (tertiary/aromatic N) is 3. The van der Waals surface area contributed by atoms with Gasteiger partial charge in [0.05, 0.1) is 17.4 Å². The molecule has 1 aliphatic rings. The van der Waals surface area contributed by atoms with Crippen LogP contribution in [-0.4, -0.2) is 52.9 Å². The molecule has 5 nitrogen and oxygen atoms in total. The van der Waals surface area contributed by atoms with E-state index in [0.29, 0.717) is 0 Å². The summed E-state index contributed by atoms with van der Waals surface area (Å²) in [6.07, 6.45) is 0. The Morgan fingerprint density at radius 2 is 1.87 bits per heavy atom. The van der Waals surface area contributed by atoms with Crippen molar-refractivity contribution in [2.24, 2.45) is 0 Å². The first-order valence-corrected chi connectivity index (χ1v) is 11.1. The Labute approximate surface area is 184 Å². The van der Waals surface area contributed by atoms with Gasteiger partial charge >= 0.3 is 0 Å². The summed E-state index contributed by atoms with van der Waals surface area (Å²) in [4.78, 5) is 21.7. The molecule has 31 heavy (non-hydrogen) atoms. The van der Waals surface area contributed by atoms with Crippen LogP contribution in [0.3, 0.4) is 0 Å². The Hall–Kier alpha value is -2.68. The maximum atomic E-state index is 13.8. The van der Waals surface area contributed by atoms with Crippen LogP contribution in [0.25, 0.3) is 10.6 Å². The Morgan fingerprint density at radius 3 is 2.58 bits per heavy atom. The van der Waals surface area contributed by atoms with E-state index in [-0.39, 0.29) is 11.6 Å². The lowest BCUT2D eigenvalue weighted by Gasteiger charge is -2.37. The third-order valence-electron chi connectivity index (χ3n) is 5.48. The fourth-order valence-electron chi connectivity index (χ4n) is 3.62. The average Bonchev–Trinajstić information content (AvgIpc) is 3.25. The Balaban J connectivity index is 1.28. The van der Waals surface area contributed by atoms with Crippen molar-refractivity contribution in [2.75, 3.05) is 31.5 Å². The van der Waals surface area contributed by atoms with E-state index in [0.717, 1.165) is 61.1 Å². The summed E-state index contributed by atoms with van der Waals surface area (Å²) < 4.78 is 26.9. The third-order valence-corrected chi connectivity index (χ3v) is 6.42. The fourth-order valence-corrected chi connectivity index (χ4v) is 4.44. The summed E-state index contributed by atoms with van der Waals surface area (Å²) >= 11 is 1.65. The van der Waals surface area contributed by atoms with E-state index in [9.17, 15) is 13.6 Å². The minimum Gasteiger partial charge on any atom is -0.322 e. The fraction of sp³-hybridized carbons (Fsp3) is 0.304. The maximum absolute atomic E-state index is 13.8. The van der Waals surface area contributed by atoms with Gasteiger partial charge in [0, 0.05) is 49.7 Å². The third kappa shape index (κ3) is 5.33. The van der Waals surface area contributed by atoms with E-state index >= 15 is 0 Å². The zero-order valence-corrected chi connectivity index (χ0v) is 18.0. The van der Waals surface area contributed by atoms with Gasteiger partial charge in [-0.15, -0.1) is 11.3 Å². The number of carbonyl (C=O) groups excluding carboxylic acids is 1. The number of piperazine rings is 1. The average molecular weight is 443 g/mol.